The standard InChI is InChI=1S/C14H15N3O5S/c15-23(20,21)13-7-1-4-11(14(13)17(18)19)16-8-2-5-10(16)12-6-3-9-22-12/h1,3-4,6-7,9-10H,2,5,8H2,(H2,15,20,21). The smallest absolute Gasteiger partial charge is 0.312 e. The van der Waals surface area contributed by atoms with Crippen LogP contribution in [0.2, 0.25) is 0 Å². The fourth-order valence-corrected chi connectivity index (χ4v) is 3.70. The lowest BCUT2D eigenvalue weighted by molar-refractivity contribution is -0.387. The number of nitro groups is 1. The van der Waals surface area contributed by atoms with Crippen molar-refractivity contribution in [3.63, 3.8) is 0 Å². The Morgan fingerprint density at radius 1 is 1.30 bits per heavy atom. The summed E-state index contributed by atoms with van der Waals surface area (Å²) in [6.45, 7) is 0.570. The van der Waals surface area contributed by atoms with E-state index in [1.165, 1.54) is 12.1 Å². The van der Waals surface area contributed by atoms with E-state index in [1.54, 1.807) is 23.3 Å². The molecule has 9 heteroatoms. The molecule has 1 aromatic carbocycles. The van der Waals surface area contributed by atoms with Crippen LogP contribution in [-0.2, 0) is 10.0 Å². The maximum atomic E-state index is 11.7. The zero-order valence-electron chi connectivity index (χ0n) is 12.1. The molecule has 1 aromatic heterocycles. The maximum absolute atomic E-state index is 11.7. The second-order valence-electron chi connectivity index (χ2n) is 5.29. The van der Waals surface area contributed by atoms with Crippen molar-refractivity contribution < 1.29 is 17.8 Å². The molecule has 0 saturated carbocycles. The van der Waals surface area contributed by atoms with Crippen LogP contribution in [0.15, 0.2) is 45.9 Å². The largest absolute Gasteiger partial charge is 0.467 e. The van der Waals surface area contributed by atoms with Crippen molar-refractivity contribution in [2.45, 2.75) is 23.8 Å². The Kier molecular flexibility index (Phi) is 3.82. The summed E-state index contributed by atoms with van der Waals surface area (Å²) in [7, 11) is -4.19. The molecule has 1 fully saturated rings. The number of hydrogen-bond acceptors (Lipinski definition) is 6. The maximum Gasteiger partial charge on any atom is 0.312 e. The monoisotopic (exact) mass is 337 g/mol. The van der Waals surface area contributed by atoms with Gasteiger partial charge >= 0.3 is 5.69 Å². The van der Waals surface area contributed by atoms with Crippen LogP contribution in [-0.4, -0.2) is 19.9 Å². The molecule has 122 valence electrons. The number of nitrogens with zero attached hydrogens (tertiary/aromatic N) is 2. The zero-order valence-corrected chi connectivity index (χ0v) is 12.9. The molecule has 1 aliphatic heterocycles. The molecule has 0 radical (unpaired) electrons. The molecular weight excluding hydrogens is 322 g/mol. The fraction of sp³-hybridized carbons (Fsp3) is 0.286. The quantitative estimate of drug-likeness (QED) is 0.674. The summed E-state index contributed by atoms with van der Waals surface area (Å²) in [6, 6.07) is 7.53. The molecular formula is C14H15N3O5S. The van der Waals surface area contributed by atoms with Gasteiger partial charge in [0.25, 0.3) is 0 Å². The number of nitro benzene ring substituents is 1. The molecule has 1 unspecified atom stereocenters. The highest BCUT2D eigenvalue weighted by Gasteiger charge is 2.35. The first-order valence-electron chi connectivity index (χ1n) is 7.00. The molecule has 1 aliphatic rings. The van der Waals surface area contributed by atoms with Gasteiger partial charge in [0.1, 0.15) is 11.4 Å². The molecule has 2 aromatic rings. The second kappa shape index (κ2) is 5.67. The van der Waals surface area contributed by atoms with E-state index in [9.17, 15) is 18.5 Å². The third-order valence-corrected chi connectivity index (χ3v) is 4.84. The summed E-state index contributed by atoms with van der Waals surface area (Å²) in [6.07, 6.45) is 3.13. The Morgan fingerprint density at radius 2 is 2.09 bits per heavy atom. The van der Waals surface area contributed by atoms with E-state index in [2.05, 4.69) is 0 Å². The van der Waals surface area contributed by atoms with Gasteiger partial charge in [-0.15, -0.1) is 0 Å². The minimum Gasteiger partial charge on any atom is -0.467 e. The predicted molar refractivity (Wildman–Crippen MR) is 82.5 cm³/mol. The highest BCUT2D eigenvalue weighted by atomic mass is 32.2. The molecule has 1 atom stereocenters. The molecule has 0 aliphatic carbocycles. The van der Waals surface area contributed by atoms with E-state index in [0.29, 0.717) is 12.3 Å². The number of furan rings is 1. The lowest BCUT2D eigenvalue weighted by Crippen LogP contribution is -2.24. The van der Waals surface area contributed by atoms with Crippen LogP contribution < -0.4 is 10.0 Å². The van der Waals surface area contributed by atoms with Gasteiger partial charge in [0, 0.05) is 6.54 Å². The summed E-state index contributed by atoms with van der Waals surface area (Å²) in [5, 5.41) is 16.6. The average molecular weight is 337 g/mol. The minimum absolute atomic E-state index is 0.167. The van der Waals surface area contributed by atoms with Crippen molar-refractivity contribution in [1.29, 1.82) is 0 Å². The first-order chi connectivity index (χ1) is 10.9. The lowest BCUT2D eigenvalue weighted by Gasteiger charge is -2.25. The Bertz CT molecular complexity index is 832. The number of benzene rings is 1. The first-order valence-corrected chi connectivity index (χ1v) is 8.54. The van der Waals surface area contributed by atoms with Gasteiger partial charge in [0.05, 0.1) is 17.2 Å². The number of rotatable bonds is 4. The van der Waals surface area contributed by atoms with Crippen LogP contribution in [0.3, 0.4) is 0 Å². The van der Waals surface area contributed by atoms with Gasteiger partial charge in [-0.1, -0.05) is 6.07 Å². The molecule has 23 heavy (non-hydrogen) atoms. The Balaban J connectivity index is 2.14. The van der Waals surface area contributed by atoms with E-state index >= 15 is 0 Å². The Labute approximate surface area is 132 Å². The van der Waals surface area contributed by atoms with Gasteiger partial charge in [0.15, 0.2) is 4.90 Å². The molecule has 3 rings (SSSR count). The highest BCUT2D eigenvalue weighted by Crippen LogP contribution is 2.42. The van der Waals surface area contributed by atoms with Gasteiger partial charge in [-0.05, 0) is 37.1 Å². The molecule has 0 amide bonds. The summed E-state index contributed by atoms with van der Waals surface area (Å²) in [4.78, 5) is 12.1. The molecule has 8 nitrogen and oxygen atoms in total. The molecule has 1 saturated heterocycles. The average Bonchev–Trinajstić information content (AvgIpc) is 3.16. The van der Waals surface area contributed by atoms with Gasteiger partial charge in [-0.2, -0.15) is 0 Å². The van der Waals surface area contributed by atoms with Crippen molar-refractivity contribution in [3.05, 3.63) is 52.5 Å². The zero-order chi connectivity index (χ0) is 16.6. The van der Waals surface area contributed by atoms with E-state index in [0.717, 1.165) is 18.9 Å². The fourth-order valence-electron chi connectivity index (χ4n) is 2.99. The van der Waals surface area contributed by atoms with E-state index < -0.39 is 25.5 Å². The summed E-state index contributed by atoms with van der Waals surface area (Å²) < 4.78 is 28.8. The van der Waals surface area contributed by atoms with Gasteiger partial charge in [0.2, 0.25) is 10.0 Å². The SMILES string of the molecule is NS(=O)(=O)c1cccc(N2CCCC2c2ccco2)c1[N+](=O)[O-]. The van der Waals surface area contributed by atoms with E-state index in [-0.39, 0.29) is 11.7 Å². The number of hydrogen-bond donors (Lipinski definition) is 1. The number of primary sulfonamides is 1. The van der Waals surface area contributed by atoms with Crippen molar-refractivity contribution in [3.8, 4) is 0 Å². The second-order valence-corrected chi connectivity index (χ2v) is 6.82. The van der Waals surface area contributed by atoms with Crippen LogP contribution in [0, 0.1) is 10.1 Å². The summed E-state index contributed by atoms with van der Waals surface area (Å²) in [5.74, 6) is 0.692. The molecule has 0 spiro atoms. The van der Waals surface area contributed by atoms with Gasteiger partial charge in [-0.3, -0.25) is 10.1 Å². The normalized spacial score (nSPS) is 18.3. The van der Waals surface area contributed by atoms with Crippen LogP contribution in [0.1, 0.15) is 24.6 Å². The van der Waals surface area contributed by atoms with Crippen LogP contribution in [0.5, 0.6) is 0 Å². The molecule has 2 N–H and O–H groups in total. The summed E-state index contributed by atoms with van der Waals surface area (Å²) >= 11 is 0. The van der Waals surface area contributed by atoms with E-state index in [1.807, 2.05) is 0 Å². The van der Waals surface area contributed by atoms with Crippen molar-refractivity contribution >= 4 is 21.4 Å². The molecule has 2 heterocycles. The van der Waals surface area contributed by atoms with Crippen molar-refractivity contribution in [2.24, 2.45) is 5.14 Å². The minimum atomic E-state index is -4.19. The number of anilines is 1. The number of nitrogens with two attached hydrogens (primary N) is 1. The first kappa shape index (κ1) is 15.5. The van der Waals surface area contributed by atoms with Crippen molar-refractivity contribution in [1.82, 2.24) is 0 Å². The van der Waals surface area contributed by atoms with Crippen LogP contribution in [0.25, 0.3) is 0 Å². The Hall–Kier alpha value is -2.39. The molecule has 0 bridgehead atoms. The van der Waals surface area contributed by atoms with E-state index in [4.69, 9.17) is 9.56 Å². The lowest BCUT2D eigenvalue weighted by atomic mass is 10.1. The summed E-state index contributed by atoms with van der Waals surface area (Å²) in [5.41, 5.74) is -0.256. The predicted octanol–water partition coefficient (Wildman–Crippen LogP) is 2.18. The van der Waals surface area contributed by atoms with Crippen LogP contribution >= 0.6 is 0 Å². The highest BCUT2D eigenvalue weighted by molar-refractivity contribution is 7.89. The topological polar surface area (TPSA) is 120 Å². The van der Waals surface area contributed by atoms with Gasteiger partial charge < -0.3 is 9.32 Å². The third-order valence-electron chi connectivity index (χ3n) is 3.90. The van der Waals surface area contributed by atoms with Crippen molar-refractivity contribution in [2.75, 3.05) is 11.4 Å². The number of sulfonamides is 1. The Morgan fingerprint density at radius 3 is 2.70 bits per heavy atom. The van der Waals surface area contributed by atoms with Gasteiger partial charge in [-0.25, -0.2) is 13.6 Å². The number of para-hydroxylation sites is 1. The van der Waals surface area contributed by atoms with Crippen LogP contribution in [0.4, 0.5) is 11.4 Å². The third kappa shape index (κ3) is 2.80.